The molecule has 2 N–H and O–H groups in total. The third-order valence-corrected chi connectivity index (χ3v) is 2.57. The van der Waals surface area contributed by atoms with Crippen molar-refractivity contribution < 1.29 is 0 Å². The van der Waals surface area contributed by atoms with Crippen LogP contribution in [0.3, 0.4) is 0 Å². The molecule has 56 valence electrons. The summed E-state index contributed by atoms with van der Waals surface area (Å²) in [7, 11) is 0. The van der Waals surface area contributed by atoms with E-state index in [1.807, 2.05) is 0 Å². The highest BCUT2D eigenvalue weighted by Crippen LogP contribution is 2.41. The fourth-order valence-corrected chi connectivity index (χ4v) is 1.79. The lowest BCUT2D eigenvalue weighted by atomic mass is 9.81. The zero-order valence-corrected chi connectivity index (χ0v) is 6.72. The van der Waals surface area contributed by atoms with Gasteiger partial charge >= 0.3 is 0 Å². The maximum absolute atomic E-state index is 5.82. The van der Waals surface area contributed by atoms with Crippen molar-refractivity contribution in [2.75, 3.05) is 0 Å². The molecule has 0 bridgehead atoms. The predicted octanol–water partition coefficient (Wildman–Crippen LogP) is 1.38. The Morgan fingerprint density at radius 3 is 2.40 bits per heavy atom. The largest absolute Gasteiger partial charge is 0.327 e. The molecule has 0 heterocycles. The molecule has 0 aromatic rings. The molecule has 10 heavy (non-hydrogen) atoms. The average Bonchev–Trinajstić information content (AvgIpc) is 2.07. The van der Waals surface area contributed by atoms with Crippen molar-refractivity contribution in [3.63, 3.8) is 0 Å². The Morgan fingerprint density at radius 2 is 2.20 bits per heavy atom. The number of hydrogen-bond donors (Lipinski definition) is 1. The Hall–Kier alpha value is -0.480. The third-order valence-electron chi connectivity index (χ3n) is 2.57. The molecule has 1 nitrogen and oxygen atoms in total. The van der Waals surface area contributed by atoms with E-state index in [0.29, 0.717) is 0 Å². The Kier molecular flexibility index (Phi) is 1.74. The first-order chi connectivity index (χ1) is 4.58. The van der Waals surface area contributed by atoms with Crippen LogP contribution in [0.15, 0.2) is 0 Å². The van der Waals surface area contributed by atoms with Gasteiger partial charge in [0.25, 0.3) is 0 Å². The highest BCUT2D eigenvalue weighted by Gasteiger charge is 2.38. The molecule has 0 aliphatic heterocycles. The van der Waals surface area contributed by atoms with E-state index < -0.39 is 0 Å². The molecular formula is C9H15N. The van der Waals surface area contributed by atoms with Crippen molar-refractivity contribution in [3.8, 4) is 12.3 Å². The summed E-state index contributed by atoms with van der Waals surface area (Å²) in [6.45, 7) is 4.40. The van der Waals surface area contributed by atoms with E-state index in [9.17, 15) is 0 Å². The minimum absolute atomic E-state index is 0.236. The van der Waals surface area contributed by atoms with Gasteiger partial charge in [0, 0.05) is 12.0 Å². The van der Waals surface area contributed by atoms with Crippen LogP contribution in [-0.4, -0.2) is 6.04 Å². The summed E-state index contributed by atoms with van der Waals surface area (Å²) in [5, 5.41) is 0. The fourth-order valence-electron chi connectivity index (χ4n) is 1.79. The minimum atomic E-state index is 0.236. The highest BCUT2D eigenvalue weighted by molar-refractivity contribution is 5.08. The summed E-state index contributed by atoms with van der Waals surface area (Å²) in [5.74, 6) is 3.06. The second-order valence-corrected chi connectivity index (χ2v) is 3.84. The van der Waals surface area contributed by atoms with E-state index in [2.05, 4.69) is 19.8 Å². The van der Waals surface area contributed by atoms with E-state index in [1.165, 1.54) is 6.42 Å². The van der Waals surface area contributed by atoms with Crippen LogP contribution in [0.1, 0.15) is 26.7 Å². The van der Waals surface area contributed by atoms with Crippen molar-refractivity contribution in [2.24, 2.45) is 17.1 Å². The van der Waals surface area contributed by atoms with E-state index >= 15 is 0 Å². The fraction of sp³-hybridized carbons (Fsp3) is 0.778. The van der Waals surface area contributed by atoms with Crippen LogP contribution >= 0.6 is 0 Å². The van der Waals surface area contributed by atoms with E-state index in [-0.39, 0.29) is 17.4 Å². The molecule has 2 atom stereocenters. The number of terminal acetylenes is 1. The summed E-state index contributed by atoms with van der Waals surface area (Å²) in [6, 6.07) is 0.236. The smallest absolute Gasteiger partial charge is 0.0402 e. The third kappa shape index (κ3) is 1.04. The second kappa shape index (κ2) is 2.29. The zero-order valence-electron chi connectivity index (χ0n) is 6.72. The van der Waals surface area contributed by atoms with Crippen LogP contribution < -0.4 is 5.73 Å². The first-order valence-corrected chi connectivity index (χ1v) is 3.79. The molecule has 1 aliphatic rings. The van der Waals surface area contributed by atoms with Crippen molar-refractivity contribution >= 4 is 0 Å². The molecule has 1 saturated carbocycles. The van der Waals surface area contributed by atoms with Crippen LogP contribution in [0.4, 0.5) is 0 Å². The average molecular weight is 137 g/mol. The lowest BCUT2D eigenvalue weighted by Gasteiger charge is -2.23. The monoisotopic (exact) mass is 137 g/mol. The predicted molar refractivity (Wildman–Crippen MR) is 43.3 cm³/mol. The van der Waals surface area contributed by atoms with Crippen LogP contribution in [0, 0.1) is 23.7 Å². The normalized spacial score (nSPS) is 37.4. The Labute approximate surface area is 63.0 Å². The molecule has 1 fully saturated rings. The molecule has 0 aromatic carbocycles. The minimum Gasteiger partial charge on any atom is -0.327 e. The molecule has 0 radical (unpaired) electrons. The van der Waals surface area contributed by atoms with Gasteiger partial charge in [0.15, 0.2) is 0 Å². The van der Waals surface area contributed by atoms with E-state index in [1.54, 1.807) is 0 Å². The molecule has 0 aromatic heterocycles. The lowest BCUT2D eigenvalue weighted by Crippen LogP contribution is -2.30. The highest BCUT2D eigenvalue weighted by atomic mass is 14.7. The van der Waals surface area contributed by atoms with Gasteiger partial charge in [-0.1, -0.05) is 13.8 Å². The molecule has 0 saturated heterocycles. The summed E-state index contributed by atoms with van der Waals surface area (Å²) < 4.78 is 0. The van der Waals surface area contributed by atoms with Gasteiger partial charge in [0.1, 0.15) is 0 Å². The van der Waals surface area contributed by atoms with Gasteiger partial charge in [-0.15, -0.1) is 12.3 Å². The van der Waals surface area contributed by atoms with E-state index in [4.69, 9.17) is 12.2 Å². The van der Waals surface area contributed by atoms with Gasteiger partial charge in [-0.3, -0.25) is 0 Å². The Morgan fingerprint density at radius 1 is 1.60 bits per heavy atom. The SMILES string of the molecule is C#CC1C(N)CCC1(C)C. The summed E-state index contributed by atoms with van der Waals surface area (Å²) in [4.78, 5) is 0. The van der Waals surface area contributed by atoms with Gasteiger partial charge in [0.2, 0.25) is 0 Å². The standard InChI is InChI=1S/C9H15N/c1-4-7-8(10)5-6-9(7,2)3/h1,7-8H,5-6,10H2,2-3H3. The molecule has 0 spiro atoms. The van der Waals surface area contributed by atoms with Gasteiger partial charge in [-0.25, -0.2) is 0 Å². The molecule has 1 aliphatic carbocycles. The first kappa shape index (κ1) is 7.63. The van der Waals surface area contributed by atoms with Crippen molar-refractivity contribution in [1.29, 1.82) is 0 Å². The zero-order chi connectivity index (χ0) is 7.78. The topological polar surface area (TPSA) is 26.0 Å². The Balaban J connectivity index is 2.75. The molecule has 1 heteroatoms. The van der Waals surface area contributed by atoms with Gasteiger partial charge in [-0.2, -0.15) is 0 Å². The summed E-state index contributed by atoms with van der Waals surface area (Å²) in [6.07, 6.45) is 7.62. The van der Waals surface area contributed by atoms with E-state index in [0.717, 1.165) is 6.42 Å². The van der Waals surface area contributed by atoms with Gasteiger partial charge in [0.05, 0.1) is 0 Å². The number of hydrogen-bond acceptors (Lipinski definition) is 1. The van der Waals surface area contributed by atoms with Gasteiger partial charge in [-0.05, 0) is 18.3 Å². The maximum atomic E-state index is 5.82. The summed E-state index contributed by atoms with van der Waals surface area (Å²) >= 11 is 0. The van der Waals surface area contributed by atoms with Crippen molar-refractivity contribution in [1.82, 2.24) is 0 Å². The van der Waals surface area contributed by atoms with Crippen LogP contribution in [0.25, 0.3) is 0 Å². The molecule has 2 unspecified atom stereocenters. The summed E-state index contributed by atoms with van der Waals surface area (Å²) in [5.41, 5.74) is 6.09. The Bertz CT molecular complexity index is 164. The van der Waals surface area contributed by atoms with Crippen LogP contribution in [0.2, 0.25) is 0 Å². The van der Waals surface area contributed by atoms with Crippen molar-refractivity contribution in [2.45, 2.75) is 32.7 Å². The number of nitrogens with two attached hydrogens (primary N) is 1. The second-order valence-electron chi connectivity index (χ2n) is 3.84. The van der Waals surface area contributed by atoms with Crippen LogP contribution in [-0.2, 0) is 0 Å². The quantitative estimate of drug-likeness (QED) is 0.501. The molecule has 0 amide bonds. The maximum Gasteiger partial charge on any atom is 0.0402 e. The van der Waals surface area contributed by atoms with Crippen molar-refractivity contribution in [3.05, 3.63) is 0 Å². The van der Waals surface area contributed by atoms with Crippen LogP contribution in [0.5, 0.6) is 0 Å². The molecular weight excluding hydrogens is 122 g/mol. The van der Waals surface area contributed by atoms with Gasteiger partial charge < -0.3 is 5.73 Å². The number of rotatable bonds is 0. The first-order valence-electron chi connectivity index (χ1n) is 3.79. The lowest BCUT2D eigenvalue weighted by molar-refractivity contribution is 0.307. The molecule has 1 rings (SSSR count).